The van der Waals surface area contributed by atoms with E-state index >= 15 is 0 Å². The fraction of sp³-hybridized carbons (Fsp3) is 0.360. The molecule has 1 saturated heterocycles. The van der Waals surface area contributed by atoms with Crippen LogP contribution in [-0.2, 0) is 4.74 Å². The van der Waals surface area contributed by atoms with Gasteiger partial charge in [0, 0.05) is 17.6 Å². The van der Waals surface area contributed by atoms with Crippen molar-refractivity contribution >= 4 is 22.7 Å². The van der Waals surface area contributed by atoms with Gasteiger partial charge in [0.15, 0.2) is 11.5 Å². The van der Waals surface area contributed by atoms with E-state index in [1.54, 1.807) is 18.2 Å². The number of pyridine rings is 1. The van der Waals surface area contributed by atoms with Gasteiger partial charge in [-0.1, -0.05) is 0 Å². The van der Waals surface area contributed by atoms with Crippen LogP contribution >= 0.6 is 0 Å². The highest BCUT2D eigenvalue weighted by Gasteiger charge is 2.32. The molecule has 3 aromatic rings. The molecule has 1 atom stereocenters. The van der Waals surface area contributed by atoms with Crippen LogP contribution in [-0.4, -0.2) is 50.7 Å². The molecule has 33 heavy (non-hydrogen) atoms. The first-order chi connectivity index (χ1) is 16.2. The first kappa shape index (κ1) is 21.2. The second-order valence-corrected chi connectivity index (χ2v) is 7.98. The summed E-state index contributed by atoms with van der Waals surface area (Å²) in [6.07, 6.45) is 3.79. The number of nitrogens with zero attached hydrogens (tertiary/aromatic N) is 2. The van der Waals surface area contributed by atoms with Gasteiger partial charge in [-0.15, -0.1) is 0 Å². The summed E-state index contributed by atoms with van der Waals surface area (Å²) in [4.78, 5) is 18.4. The second-order valence-electron chi connectivity index (χ2n) is 7.98. The zero-order chi connectivity index (χ0) is 22.6. The van der Waals surface area contributed by atoms with E-state index in [0.717, 1.165) is 47.4 Å². The Kier molecular flexibility index (Phi) is 6.06. The van der Waals surface area contributed by atoms with Gasteiger partial charge in [-0.25, -0.2) is 4.79 Å². The van der Waals surface area contributed by atoms with Gasteiger partial charge in [-0.2, -0.15) is 0 Å². The molecule has 0 N–H and O–H groups in total. The maximum atomic E-state index is 12.4. The Hall–Kier alpha value is -3.68. The topological polar surface area (TPSA) is 79.4 Å². The summed E-state index contributed by atoms with van der Waals surface area (Å²) in [5.74, 6) is 2.92. The van der Waals surface area contributed by atoms with E-state index in [9.17, 15) is 4.79 Å². The molecule has 0 saturated carbocycles. The molecule has 0 radical (unpaired) electrons. The van der Waals surface area contributed by atoms with Crippen molar-refractivity contribution in [3.05, 3.63) is 48.7 Å². The third-order valence-corrected chi connectivity index (χ3v) is 5.80. The quantitative estimate of drug-likeness (QED) is 0.465. The number of anilines is 1. The summed E-state index contributed by atoms with van der Waals surface area (Å²) >= 11 is 0. The van der Waals surface area contributed by atoms with Gasteiger partial charge in [-0.05, 0) is 55.7 Å². The summed E-state index contributed by atoms with van der Waals surface area (Å²) in [5, 5.41) is 0.927. The number of unbranched alkanes of at least 4 members (excludes halogenated alkanes) is 1. The molecule has 1 fully saturated rings. The number of benzene rings is 2. The number of carbonyl (C=O) groups is 1. The Balaban J connectivity index is 1.11. The lowest BCUT2D eigenvalue weighted by Gasteiger charge is -2.21. The lowest BCUT2D eigenvalue weighted by Crippen LogP contribution is -2.25. The highest BCUT2D eigenvalue weighted by molar-refractivity contribution is 5.90. The number of hydrogen-bond acceptors (Lipinski definition) is 7. The first-order valence-electron chi connectivity index (χ1n) is 11.1. The molecule has 1 amide bonds. The smallest absolute Gasteiger partial charge is 0.414 e. The standard InChI is InChI=1S/C25H26N2O6/c1-29-18-6-7-21-20(15-18)22(9-10-26-21)30-11-3-2-4-19-16-27(25(28)33-19)17-5-8-23-24(14-17)32-13-12-31-23/h5-10,14-15,19H,2-4,11-13,16H2,1H3. The van der Waals surface area contributed by atoms with Crippen LogP contribution in [0.25, 0.3) is 10.9 Å². The van der Waals surface area contributed by atoms with E-state index in [0.29, 0.717) is 37.9 Å². The van der Waals surface area contributed by atoms with Crippen molar-refractivity contribution in [2.75, 3.05) is 38.4 Å². The fourth-order valence-electron chi connectivity index (χ4n) is 4.09. The number of cyclic esters (lactones) is 1. The Bertz CT molecular complexity index is 1150. The van der Waals surface area contributed by atoms with Gasteiger partial charge in [0.2, 0.25) is 0 Å². The zero-order valence-electron chi connectivity index (χ0n) is 18.5. The Morgan fingerprint density at radius 3 is 2.82 bits per heavy atom. The van der Waals surface area contributed by atoms with Crippen molar-refractivity contribution in [1.82, 2.24) is 4.98 Å². The SMILES string of the molecule is COc1ccc2nccc(OCCCCC3CN(c4ccc5c(c4)OCCO5)C(=O)O3)c2c1. The highest BCUT2D eigenvalue weighted by atomic mass is 16.6. The Morgan fingerprint density at radius 1 is 1.06 bits per heavy atom. The molecule has 0 aliphatic carbocycles. The molecule has 2 aromatic carbocycles. The predicted octanol–water partition coefficient (Wildman–Crippen LogP) is 4.59. The van der Waals surface area contributed by atoms with Gasteiger partial charge in [0.25, 0.3) is 0 Å². The maximum Gasteiger partial charge on any atom is 0.414 e. The van der Waals surface area contributed by atoms with Crippen LogP contribution < -0.4 is 23.8 Å². The van der Waals surface area contributed by atoms with Crippen molar-refractivity contribution in [2.24, 2.45) is 0 Å². The summed E-state index contributed by atoms with van der Waals surface area (Å²) in [6.45, 7) is 2.14. The van der Waals surface area contributed by atoms with E-state index in [1.807, 2.05) is 42.5 Å². The highest BCUT2D eigenvalue weighted by Crippen LogP contribution is 2.35. The van der Waals surface area contributed by atoms with Crippen molar-refractivity contribution in [3.63, 3.8) is 0 Å². The van der Waals surface area contributed by atoms with E-state index in [-0.39, 0.29) is 12.2 Å². The van der Waals surface area contributed by atoms with Gasteiger partial charge in [-0.3, -0.25) is 9.88 Å². The largest absolute Gasteiger partial charge is 0.497 e. The molecule has 2 aliphatic rings. The van der Waals surface area contributed by atoms with Crippen LogP contribution in [0.5, 0.6) is 23.0 Å². The summed E-state index contributed by atoms with van der Waals surface area (Å²) in [7, 11) is 1.64. The minimum Gasteiger partial charge on any atom is -0.497 e. The number of methoxy groups -OCH3 is 1. The molecular formula is C25H26N2O6. The molecule has 8 nitrogen and oxygen atoms in total. The third kappa shape index (κ3) is 4.60. The monoisotopic (exact) mass is 450 g/mol. The number of rotatable bonds is 8. The van der Waals surface area contributed by atoms with Crippen LogP contribution in [0.2, 0.25) is 0 Å². The summed E-state index contributed by atoms with van der Waals surface area (Å²) in [6, 6.07) is 13.1. The predicted molar refractivity (Wildman–Crippen MR) is 123 cm³/mol. The molecule has 0 spiro atoms. The van der Waals surface area contributed by atoms with Crippen LogP contribution in [0.3, 0.4) is 0 Å². The lowest BCUT2D eigenvalue weighted by atomic mass is 10.1. The number of fused-ring (bicyclic) bond motifs is 2. The van der Waals surface area contributed by atoms with E-state index in [1.165, 1.54) is 0 Å². The molecule has 2 aliphatic heterocycles. The Labute approximate surface area is 192 Å². The lowest BCUT2D eigenvalue weighted by molar-refractivity contribution is 0.134. The molecular weight excluding hydrogens is 424 g/mol. The molecule has 1 aromatic heterocycles. The minimum absolute atomic E-state index is 0.142. The van der Waals surface area contributed by atoms with E-state index in [4.69, 9.17) is 23.7 Å². The summed E-state index contributed by atoms with van der Waals surface area (Å²) < 4.78 is 28.1. The molecule has 8 heteroatoms. The molecule has 172 valence electrons. The number of ether oxygens (including phenoxy) is 5. The van der Waals surface area contributed by atoms with Crippen LogP contribution in [0, 0.1) is 0 Å². The van der Waals surface area contributed by atoms with Gasteiger partial charge >= 0.3 is 6.09 Å². The fourth-order valence-corrected chi connectivity index (χ4v) is 4.09. The van der Waals surface area contributed by atoms with Crippen molar-refractivity contribution in [2.45, 2.75) is 25.4 Å². The van der Waals surface area contributed by atoms with Crippen LogP contribution in [0.1, 0.15) is 19.3 Å². The zero-order valence-corrected chi connectivity index (χ0v) is 18.5. The second kappa shape index (κ2) is 9.44. The van der Waals surface area contributed by atoms with E-state index < -0.39 is 0 Å². The van der Waals surface area contributed by atoms with Gasteiger partial charge in [0.1, 0.15) is 30.8 Å². The third-order valence-electron chi connectivity index (χ3n) is 5.80. The number of aromatic nitrogens is 1. The maximum absolute atomic E-state index is 12.4. The van der Waals surface area contributed by atoms with Gasteiger partial charge in [0.05, 0.1) is 31.5 Å². The molecule has 3 heterocycles. The van der Waals surface area contributed by atoms with Gasteiger partial charge < -0.3 is 23.7 Å². The van der Waals surface area contributed by atoms with E-state index in [2.05, 4.69) is 4.98 Å². The Morgan fingerprint density at radius 2 is 1.94 bits per heavy atom. The molecule has 1 unspecified atom stereocenters. The average molecular weight is 450 g/mol. The normalized spacial score (nSPS) is 17.2. The van der Waals surface area contributed by atoms with Crippen molar-refractivity contribution in [1.29, 1.82) is 0 Å². The number of amides is 1. The van der Waals surface area contributed by atoms with Crippen LogP contribution in [0.15, 0.2) is 48.7 Å². The first-order valence-corrected chi connectivity index (χ1v) is 11.1. The number of carbonyl (C=O) groups excluding carboxylic acids is 1. The van der Waals surface area contributed by atoms with Crippen molar-refractivity contribution in [3.8, 4) is 23.0 Å². The molecule has 0 bridgehead atoms. The molecule has 5 rings (SSSR count). The average Bonchev–Trinajstić information content (AvgIpc) is 3.23. The minimum atomic E-state index is -0.329. The summed E-state index contributed by atoms with van der Waals surface area (Å²) in [5.41, 5.74) is 1.63. The number of hydrogen-bond donors (Lipinski definition) is 0. The van der Waals surface area contributed by atoms with Crippen LogP contribution in [0.4, 0.5) is 10.5 Å². The van der Waals surface area contributed by atoms with Crippen molar-refractivity contribution < 1.29 is 28.5 Å².